The third-order valence-corrected chi connectivity index (χ3v) is 5.46. The SMILES string of the molecule is COc1ccc(COC(=O)N(C2CC2F)[C@@H](C)c2cccc3ccccc23)cc1. The summed E-state index contributed by atoms with van der Waals surface area (Å²) in [5.74, 6) is 0.740. The lowest BCUT2D eigenvalue weighted by molar-refractivity contribution is 0.0763. The molecule has 1 fully saturated rings. The number of benzene rings is 3. The van der Waals surface area contributed by atoms with Crippen molar-refractivity contribution in [2.75, 3.05) is 7.11 Å². The quantitative estimate of drug-likeness (QED) is 0.542. The number of carbonyl (C=O) groups is 1. The predicted octanol–water partition coefficient (Wildman–Crippen LogP) is 5.66. The zero-order valence-corrected chi connectivity index (χ0v) is 16.5. The van der Waals surface area contributed by atoms with E-state index in [2.05, 4.69) is 0 Å². The van der Waals surface area contributed by atoms with Crippen molar-refractivity contribution in [3.63, 3.8) is 0 Å². The van der Waals surface area contributed by atoms with Crippen LogP contribution >= 0.6 is 0 Å². The molecule has 0 radical (unpaired) electrons. The second-order valence-electron chi connectivity index (χ2n) is 7.37. The summed E-state index contributed by atoms with van der Waals surface area (Å²) < 4.78 is 24.6. The van der Waals surface area contributed by atoms with Crippen LogP contribution in [0.1, 0.15) is 30.5 Å². The van der Waals surface area contributed by atoms with Gasteiger partial charge in [0.25, 0.3) is 0 Å². The summed E-state index contributed by atoms with van der Waals surface area (Å²) in [7, 11) is 1.60. The van der Waals surface area contributed by atoms with Gasteiger partial charge in [0.2, 0.25) is 0 Å². The molecular weight excluding hydrogens is 369 g/mol. The molecular formula is C24H24FNO3. The Bertz CT molecular complexity index is 999. The zero-order chi connectivity index (χ0) is 20.4. The van der Waals surface area contributed by atoms with Crippen molar-refractivity contribution in [3.05, 3.63) is 77.9 Å². The molecule has 0 bridgehead atoms. The van der Waals surface area contributed by atoms with E-state index in [-0.39, 0.29) is 12.6 Å². The van der Waals surface area contributed by atoms with E-state index in [9.17, 15) is 9.18 Å². The second-order valence-corrected chi connectivity index (χ2v) is 7.37. The Kier molecular flexibility index (Phi) is 5.38. The highest BCUT2D eigenvalue weighted by atomic mass is 19.1. The number of alkyl halides is 1. The van der Waals surface area contributed by atoms with Crippen LogP contribution in [0, 0.1) is 0 Å². The van der Waals surface area contributed by atoms with Gasteiger partial charge in [-0.1, -0.05) is 54.6 Å². The van der Waals surface area contributed by atoms with Crippen LogP contribution in [0.5, 0.6) is 5.75 Å². The lowest BCUT2D eigenvalue weighted by Crippen LogP contribution is -2.37. The number of nitrogens with zero attached hydrogens (tertiary/aromatic N) is 1. The number of hydrogen-bond donors (Lipinski definition) is 0. The maximum Gasteiger partial charge on any atom is 0.410 e. The van der Waals surface area contributed by atoms with E-state index in [1.54, 1.807) is 12.0 Å². The van der Waals surface area contributed by atoms with Crippen LogP contribution < -0.4 is 4.74 Å². The summed E-state index contributed by atoms with van der Waals surface area (Å²) in [6, 6.07) is 20.6. The number of carbonyl (C=O) groups excluding carboxylic acids is 1. The molecule has 0 N–H and O–H groups in total. The van der Waals surface area contributed by atoms with Crippen LogP contribution in [-0.4, -0.2) is 30.3 Å². The summed E-state index contributed by atoms with van der Waals surface area (Å²) in [4.78, 5) is 14.5. The Hall–Kier alpha value is -3.08. The highest BCUT2D eigenvalue weighted by Crippen LogP contribution is 2.39. The van der Waals surface area contributed by atoms with E-state index in [4.69, 9.17) is 9.47 Å². The van der Waals surface area contributed by atoms with E-state index in [1.807, 2.05) is 73.7 Å². The van der Waals surface area contributed by atoms with Gasteiger partial charge in [-0.05, 0) is 41.0 Å². The first kappa shape index (κ1) is 19.2. The van der Waals surface area contributed by atoms with Gasteiger partial charge >= 0.3 is 6.09 Å². The highest BCUT2D eigenvalue weighted by molar-refractivity contribution is 5.86. The summed E-state index contributed by atoms with van der Waals surface area (Å²) in [6.07, 6.45) is -1.14. The zero-order valence-electron chi connectivity index (χ0n) is 16.5. The van der Waals surface area contributed by atoms with E-state index >= 15 is 0 Å². The molecule has 3 aromatic carbocycles. The molecule has 5 heteroatoms. The monoisotopic (exact) mass is 393 g/mol. The molecule has 0 heterocycles. The number of ether oxygens (including phenoxy) is 2. The number of halogens is 1. The molecule has 150 valence electrons. The lowest BCUT2D eigenvalue weighted by Gasteiger charge is -2.29. The fourth-order valence-corrected chi connectivity index (χ4v) is 3.73. The molecule has 0 spiro atoms. The normalized spacial score (nSPS) is 18.9. The smallest absolute Gasteiger partial charge is 0.410 e. The van der Waals surface area contributed by atoms with Crippen molar-refractivity contribution in [2.45, 2.75) is 38.2 Å². The van der Waals surface area contributed by atoms with Crippen molar-refractivity contribution in [3.8, 4) is 5.75 Å². The molecule has 29 heavy (non-hydrogen) atoms. The Morgan fingerprint density at radius 2 is 1.79 bits per heavy atom. The Balaban J connectivity index is 1.54. The van der Waals surface area contributed by atoms with Gasteiger partial charge < -0.3 is 9.47 Å². The second kappa shape index (κ2) is 8.11. The third-order valence-electron chi connectivity index (χ3n) is 5.46. The molecule has 3 aromatic rings. The van der Waals surface area contributed by atoms with E-state index in [0.717, 1.165) is 27.6 Å². The standard InChI is InChI=1S/C24H24FNO3/c1-16(20-9-5-7-18-6-3-4-8-21(18)20)26(23-14-22(23)25)24(27)29-15-17-10-12-19(28-2)13-11-17/h3-13,16,22-23H,14-15H2,1-2H3/t16-,22?,23?/m0/s1. The van der Waals surface area contributed by atoms with Crippen molar-refractivity contribution in [1.29, 1.82) is 0 Å². The van der Waals surface area contributed by atoms with Gasteiger partial charge in [0, 0.05) is 6.42 Å². The lowest BCUT2D eigenvalue weighted by atomic mass is 9.99. The van der Waals surface area contributed by atoms with E-state index in [1.165, 1.54) is 0 Å². The van der Waals surface area contributed by atoms with Crippen molar-refractivity contribution in [2.24, 2.45) is 0 Å². The van der Waals surface area contributed by atoms with Gasteiger partial charge in [0.05, 0.1) is 19.2 Å². The van der Waals surface area contributed by atoms with Crippen LogP contribution in [0.15, 0.2) is 66.7 Å². The number of amides is 1. The van der Waals surface area contributed by atoms with Gasteiger partial charge in [0.1, 0.15) is 18.5 Å². The van der Waals surface area contributed by atoms with Crippen LogP contribution in [-0.2, 0) is 11.3 Å². The van der Waals surface area contributed by atoms with Gasteiger partial charge in [-0.15, -0.1) is 0 Å². The molecule has 0 aromatic heterocycles. The Morgan fingerprint density at radius 1 is 1.10 bits per heavy atom. The van der Waals surface area contributed by atoms with Crippen LogP contribution in [0.25, 0.3) is 10.8 Å². The number of rotatable bonds is 6. The minimum Gasteiger partial charge on any atom is -0.497 e. The molecule has 1 amide bonds. The van der Waals surface area contributed by atoms with Crippen LogP contribution in [0.4, 0.5) is 9.18 Å². The number of fused-ring (bicyclic) bond motifs is 1. The minimum absolute atomic E-state index is 0.130. The fraction of sp³-hybridized carbons (Fsp3) is 0.292. The van der Waals surface area contributed by atoms with Gasteiger partial charge in [0.15, 0.2) is 0 Å². The molecule has 2 unspecified atom stereocenters. The maximum atomic E-state index is 14.0. The molecule has 1 aliphatic rings. The average Bonchev–Trinajstić information content (AvgIpc) is 3.47. The highest BCUT2D eigenvalue weighted by Gasteiger charge is 2.47. The third kappa shape index (κ3) is 4.04. The Morgan fingerprint density at radius 3 is 2.48 bits per heavy atom. The summed E-state index contributed by atoms with van der Waals surface area (Å²) in [5, 5.41) is 2.16. The maximum absolute atomic E-state index is 14.0. The average molecular weight is 393 g/mol. The molecule has 4 rings (SSSR count). The summed E-state index contributed by atoms with van der Waals surface area (Å²) in [5.41, 5.74) is 1.84. The number of hydrogen-bond acceptors (Lipinski definition) is 3. The van der Waals surface area contributed by atoms with E-state index in [0.29, 0.717) is 6.42 Å². The van der Waals surface area contributed by atoms with Crippen LogP contribution in [0.2, 0.25) is 0 Å². The number of methoxy groups -OCH3 is 1. The first-order valence-electron chi connectivity index (χ1n) is 9.78. The predicted molar refractivity (Wildman–Crippen MR) is 111 cm³/mol. The fourth-order valence-electron chi connectivity index (χ4n) is 3.73. The molecule has 0 aliphatic heterocycles. The van der Waals surface area contributed by atoms with Gasteiger partial charge in [-0.25, -0.2) is 9.18 Å². The molecule has 0 saturated heterocycles. The van der Waals surface area contributed by atoms with Crippen molar-refractivity contribution in [1.82, 2.24) is 4.90 Å². The first-order chi connectivity index (χ1) is 14.1. The largest absolute Gasteiger partial charge is 0.497 e. The van der Waals surface area contributed by atoms with Gasteiger partial charge in [-0.3, -0.25) is 4.90 Å². The molecule has 1 aliphatic carbocycles. The molecule has 4 nitrogen and oxygen atoms in total. The molecule has 3 atom stereocenters. The Labute approximate surface area is 169 Å². The first-order valence-corrected chi connectivity index (χ1v) is 9.78. The summed E-state index contributed by atoms with van der Waals surface area (Å²) >= 11 is 0. The minimum atomic E-state index is -0.999. The van der Waals surface area contributed by atoms with Crippen molar-refractivity contribution >= 4 is 16.9 Å². The summed E-state index contributed by atoms with van der Waals surface area (Å²) in [6.45, 7) is 2.06. The van der Waals surface area contributed by atoms with Crippen LogP contribution in [0.3, 0.4) is 0 Å². The van der Waals surface area contributed by atoms with Gasteiger partial charge in [-0.2, -0.15) is 0 Å². The van der Waals surface area contributed by atoms with E-state index < -0.39 is 18.3 Å². The topological polar surface area (TPSA) is 38.8 Å². The molecule has 1 saturated carbocycles. The van der Waals surface area contributed by atoms with Crippen molar-refractivity contribution < 1.29 is 18.7 Å².